The molecule has 6 nitrogen and oxygen atoms in total. The number of nitrogens with one attached hydrogen (secondary N) is 1. The molecule has 0 aliphatic carbocycles. The van der Waals surface area contributed by atoms with Crippen molar-refractivity contribution in [1.29, 1.82) is 0 Å². The maximum atomic E-state index is 12.2. The molecule has 6 heteroatoms. The molecular formula is C15H22N4O2. The molecule has 2 aromatic rings. The molecule has 0 atom stereocenters. The van der Waals surface area contributed by atoms with E-state index in [9.17, 15) is 9.90 Å². The van der Waals surface area contributed by atoms with Gasteiger partial charge >= 0.3 is 0 Å². The maximum absolute atomic E-state index is 12.2. The fourth-order valence-corrected chi connectivity index (χ4v) is 2.29. The average Bonchev–Trinajstić information content (AvgIpc) is 2.90. The molecule has 0 spiro atoms. The monoisotopic (exact) mass is 290 g/mol. The summed E-state index contributed by atoms with van der Waals surface area (Å²) in [6, 6.07) is 1.73. The summed E-state index contributed by atoms with van der Waals surface area (Å²) < 4.78 is 1.81. The van der Waals surface area contributed by atoms with Gasteiger partial charge < -0.3 is 15.0 Å². The molecule has 0 bridgehead atoms. The number of aliphatic hydroxyl groups excluding tert-OH is 1. The first-order chi connectivity index (χ1) is 10.0. The van der Waals surface area contributed by atoms with Crippen molar-refractivity contribution in [3.05, 3.63) is 24.2 Å². The molecule has 2 aromatic heterocycles. The average molecular weight is 290 g/mol. The molecule has 2 heterocycles. The lowest BCUT2D eigenvalue weighted by atomic mass is 9.83. The summed E-state index contributed by atoms with van der Waals surface area (Å²) in [5, 5.41) is 12.4. The van der Waals surface area contributed by atoms with Crippen molar-refractivity contribution in [2.75, 3.05) is 13.2 Å². The normalized spacial score (nSPS) is 11.8. The van der Waals surface area contributed by atoms with Crippen LogP contribution in [0.25, 0.3) is 11.2 Å². The van der Waals surface area contributed by atoms with Gasteiger partial charge in [-0.3, -0.25) is 4.79 Å². The van der Waals surface area contributed by atoms with Crippen molar-refractivity contribution < 1.29 is 9.90 Å². The standard InChI is InChI=1S/C15H22N4O2/c1-4-15(5-2,9-20)8-17-14(21)11-6-12-13(16-7-11)19(3)10-18-12/h6-7,10,20H,4-5,8-9H2,1-3H3,(H,17,21). The highest BCUT2D eigenvalue weighted by atomic mass is 16.3. The molecule has 0 saturated carbocycles. The summed E-state index contributed by atoms with van der Waals surface area (Å²) in [6.07, 6.45) is 4.86. The van der Waals surface area contributed by atoms with Crippen LogP contribution in [0.1, 0.15) is 37.0 Å². The van der Waals surface area contributed by atoms with E-state index in [0.717, 1.165) is 18.5 Å². The van der Waals surface area contributed by atoms with Crippen molar-refractivity contribution in [2.24, 2.45) is 12.5 Å². The Morgan fingerprint density at radius 1 is 1.38 bits per heavy atom. The molecule has 2 rings (SSSR count). The molecular weight excluding hydrogens is 268 g/mol. The molecule has 0 radical (unpaired) electrons. The van der Waals surface area contributed by atoms with E-state index in [-0.39, 0.29) is 17.9 Å². The number of nitrogens with zero attached hydrogens (tertiary/aromatic N) is 3. The third-order valence-corrected chi connectivity index (χ3v) is 4.27. The molecule has 0 aliphatic rings. The predicted molar refractivity (Wildman–Crippen MR) is 80.9 cm³/mol. The number of rotatable bonds is 6. The van der Waals surface area contributed by atoms with Gasteiger partial charge in [0.2, 0.25) is 0 Å². The minimum absolute atomic E-state index is 0.0673. The molecule has 0 aliphatic heterocycles. The second kappa shape index (κ2) is 6.22. The van der Waals surface area contributed by atoms with Crippen molar-refractivity contribution in [2.45, 2.75) is 26.7 Å². The van der Waals surface area contributed by atoms with Crippen molar-refractivity contribution in [3.8, 4) is 0 Å². The lowest BCUT2D eigenvalue weighted by molar-refractivity contribution is 0.0851. The van der Waals surface area contributed by atoms with E-state index in [0.29, 0.717) is 17.6 Å². The Balaban J connectivity index is 2.11. The van der Waals surface area contributed by atoms with Gasteiger partial charge in [0.05, 0.1) is 18.5 Å². The van der Waals surface area contributed by atoms with Gasteiger partial charge in [0.15, 0.2) is 5.65 Å². The van der Waals surface area contributed by atoms with Crippen LogP contribution in [0, 0.1) is 5.41 Å². The number of amides is 1. The van der Waals surface area contributed by atoms with E-state index in [4.69, 9.17) is 0 Å². The molecule has 0 fully saturated rings. The van der Waals surface area contributed by atoms with E-state index < -0.39 is 0 Å². The highest BCUT2D eigenvalue weighted by Gasteiger charge is 2.26. The third kappa shape index (κ3) is 3.05. The second-order valence-corrected chi connectivity index (χ2v) is 5.47. The van der Waals surface area contributed by atoms with Gasteiger partial charge in [-0.15, -0.1) is 0 Å². The highest BCUT2D eigenvalue weighted by Crippen LogP contribution is 2.24. The quantitative estimate of drug-likeness (QED) is 0.845. The van der Waals surface area contributed by atoms with Crippen LogP contribution in [-0.4, -0.2) is 38.7 Å². The van der Waals surface area contributed by atoms with Crippen LogP contribution in [0.3, 0.4) is 0 Å². The first-order valence-corrected chi connectivity index (χ1v) is 7.21. The molecule has 0 unspecified atom stereocenters. The summed E-state index contributed by atoms with van der Waals surface area (Å²) in [6.45, 7) is 4.56. The number of aliphatic hydroxyl groups is 1. The van der Waals surface area contributed by atoms with Gasteiger partial charge in [0.25, 0.3) is 5.91 Å². The fourth-order valence-electron chi connectivity index (χ4n) is 2.29. The van der Waals surface area contributed by atoms with Gasteiger partial charge in [-0.1, -0.05) is 13.8 Å². The lowest BCUT2D eigenvalue weighted by Gasteiger charge is -2.29. The summed E-state index contributed by atoms with van der Waals surface area (Å²) >= 11 is 0. The zero-order valence-corrected chi connectivity index (χ0v) is 12.8. The first-order valence-electron chi connectivity index (χ1n) is 7.21. The maximum Gasteiger partial charge on any atom is 0.252 e. The summed E-state index contributed by atoms with van der Waals surface area (Å²) in [7, 11) is 1.86. The van der Waals surface area contributed by atoms with Crippen LogP contribution in [0.4, 0.5) is 0 Å². The molecule has 1 amide bonds. The SMILES string of the molecule is CCC(CC)(CO)CNC(=O)c1cnc2c(c1)ncn2C. The minimum atomic E-state index is -0.252. The van der Waals surface area contributed by atoms with E-state index >= 15 is 0 Å². The third-order valence-electron chi connectivity index (χ3n) is 4.27. The molecule has 114 valence electrons. The number of carbonyl (C=O) groups excluding carboxylic acids is 1. The number of pyridine rings is 1. The molecule has 2 N–H and O–H groups in total. The van der Waals surface area contributed by atoms with Gasteiger partial charge in [-0.25, -0.2) is 9.97 Å². The van der Waals surface area contributed by atoms with Crippen molar-refractivity contribution in [3.63, 3.8) is 0 Å². The van der Waals surface area contributed by atoms with E-state index in [2.05, 4.69) is 15.3 Å². The number of hydrogen-bond acceptors (Lipinski definition) is 4. The zero-order chi connectivity index (χ0) is 15.5. The van der Waals surface area contributed by atoms with Crippen LogP contribution < -0.4 is 5.32 Å². The summed E-state index contributed by atoms with van der Waals surface area (Å²) in [5.41, 5.74) is 1.68. The van der Waals surface area contributed by atoms with Crippen LogP contribution in [0.2, 0.25) is 0 Å². The highest BCUT2D eigenvalue weighted by molar-refractivity contribution is 5.96. The fraction of sp³-hybridized carbons (Fsp3) is 0.533. The Morgan fingerprint density at radius 2 is 2.10 bits per heavy atom. The molecule has 21 heavy (non-hydrogen) atoms. The van der Waals surface area contributed by atoms with E-state index in [1.54, 1.807) is 18.6 Å². The van der Waals surface area contributed by atoms with Crippen LogP contribution in [-0.2, 0) is 7.05 Å². The molecule has 0 saturated heterocycles. The van der Waals surface area contributed by atoms with Crippen molar-refractivity contribution >= 4 is 17.1 Å². The molecule has 0 aromatic carbocycles. The van der Waals surface area contributed by atoms with Gasteiger partial charge in [-0.2, -0.15) is 0 Å². The Labute approximate surface area is 124 Å². The first kappa shape index (κ1) is 15.4. The number of hydrogen-bond donors (Lipinski definition) is 2. The minimum Gasteiger partial charge on any atom is -0.396 e. The Morgan fingerprint density at radius 3 is 2.71 bits per heavy atom. The largest absolute Gasteiger partial charge is 0.396 e. The van der Waals surface area contributed by atoms with Crippen LogP contribution in [0.5, 0.6) is 0 Å². The number of aromatic nitrogens is 3. The number of carbonyl (C=O) groups is 1. The zero-order valence-electron chi connectivity index (χ0n) is 12.8. The van der Waals surface area contributed by atoms with Gasteiger partial charge in [-0.05, 0) is 18.9 Å². The topological polar surface area (TPSA) is 80.0 Å². The number of fused-ring (bicyclic) bond motifs is 1. The van der Waals surface area contributed by atoms with E-state index in [1.807, 2.05) is 25.5 Å². The smallest absolute Gasteiger partial charge is 0.252 e. The van der Waals surface area contributed by atoms with Crippen LogP contribution in [0.15, 0.2) is 18.6 Å². The van der Waals surface area contributed by atoms with Gasteiger partial charge in [0.1, 0.15) is 5.52 Å². The lowest BCUT2D eigenvalue weighted by Crippen LogP contribution is -2.39. The Hall–Kier alpha value is -1.95. The van der Waals surface area contributed by atoms with E-state index in [1.165, 1.54) is 0 Å². The van der Waals surface area contributed by atoms with Gasteiger partial charge in [0, 0.05) is 25.2 Å². The Kier molecular flexibility index (Phi) is 4.57. The summed E-state index contributed by atoms with van der Waals surface area (Å²) in [4.78, 5) is 20.7. The van der Waals surface area contributed by atoms with Crippen molar-refractivity contribution in [1.82, 2.24) is 19.9 Å². The predicted octanol–water partition coefficient (Wildman–Crippen LogP) is 1.50. The van der Waals surface area contributed by atoms with Crippen LogP contribution >= 0.6 is 0 Å². The summed E-state index contributed by atoms with van der Waals surface area (Å²) in [5.74, 6) is -0.185. The number of imidazole rings is 1. The number of aryl methyl sites for hydroxylation is 1. The Bertz CT molecular complexity index is 623. The second-order valence-electron chi connectivity index (χ2n) is 5.47.